The molecule has 1 aliphatic heterocycles. The number of cyclic esters (lactones) is 1. The molecule has 0 aromatic carbocycles. The summed E-state index contributed by atoms with van der Waals surface area (Å²) in [6, 6.07) is 0.361. The molecule has 1 saturated carbocycles. The highest BCUT2D eigenvalue weighted by Gasteiger charge is 2.38. The Labute approximate surface area is 214 Å². The molecule has 208 valence electrons. The van der Waals surface area contributed by atoms with Gasteiger partial charge in [0.15, 0.2) is 17.2 Å². The van der Waals surface area contributed by atoms with Crippen LogP contribution in [0.1, 0.15) is 75.2 Å². The van der Waals surface area contributed by atoms with Crippen molar-refractivity contribution in [2.75, 3.05) is 13.7 Å². The van der Waals surface area contributed by atoms with Crippen LogP contribution >= 0.6 is 0 Å². The molecule has 4 atom stereocenters. The number of pyridine rings is 1. The van der Waals surface area contributed by atoms with Crippen molar-refractivity contribution in [1.82, 2.24) is 10.3 Å². The van der Waals surface area contributed by atoms with Crippen LogP contribution in [0.15, 0.2) is 12.3 Å². The maximum Gasteiger partial charge on any atom is 0.389 e. The molecule has 3 rings (SSSR count). The Morgan fingerprint density at radius 1 is 1.22 bits per heavy atom. The fraction of sp³-hybridized carbons (Fsp3) is 0.720. The average Bonchev–Trinajstić information content (AvgIpc) is 3.36. The first-order valence-corrected chi connectivity index (χ1v) is 12.7. The van der Waals surface area contributed by atoms with E-state index in [0.717, 1.165) is 25.7 Å². The molecule has 1 aliphatic carbocycles. The maximum atomic E-state index is 13.0. The number of rotatable bonds is 9. The van der Waals surface area contributed by atoms with Crippen molar-refractivity contribution in [3.63, 3.8) is 0 Å². The van der Waals surface area contributed by atoms with E-state index in [0.29, 0.717) is 12.8 Å². The number of carbonyl (C=O) groups excluding carboxylic acids is 2. The number of hydrogen-bond acceptors (Lipinski definition) is 8. The van der Waals surface area contributed by atoms with Crippen molar-refractivity contribution in [3.8, 4) is 11.5 Å². The van der Waals surface area contributed by atoms with Crippen LogP contribution in [-0.2, 0) is 19.0 Å². The highest BCUT2D eigenvalue weighted by atomic mass is 19.4. The van der Waals surface area contributed by atoms with Gasteiger partial charge in [-0.2, -0.15) is 13.2 Å². The van der Waals surface area contributed by atoms with E-state index in [1.807, 2.05) is 0 Å². The third-order valence-electron chi connectivity index (χ3n) is 6.61. The number of aromatic nitrogens is 1. The van der Waals surface area contributed by atoms with Gasteiger partial charge in [-0.3, -0.25) is 4.79 Å². The molecule has 2 heterocycles. The molecule has 37 heavy (non-hydrogen) atoms. The minimum atomic E-state index is -4.26. The number of nitrogens with one attached hydrogen (secondary N) is 1. The van der Waals surface area contributed by atoms with Crippen LogP contribution in [0.4, 0.5) is 13.2 Å². The van der Waals surface area contributed by atoms with Gasteiger partial charge in [-0.25, -0.2) is 9.78 Å². The van der Waals surface area contributed by atoms with Gasteiger partial charge < -0.3 is 29.4 Å². The van der Waals surface area contributed by atoms with Crippen LogP contribution < -0.4 is 10.1 Å². The lowest BCUT2D eigenvalue weighted by atomic mass is 10.0. The van der Waals surface area contributed by atoms with Crippen LogP contribution in [0.25, 0.3) is 0 Å². The van der Waals surface area contributed by atoms with E-state index in [9.17, 15) is 27.9 Å². The zero-order chi connectivity index (χ0) is 27.0. The number of halogens is 3. The summed E-state index contributed by atoms with van der Waals surface area (Å²) in [5.74, 6) is -1.85. The molecule has 1 saturated heterocycles. The second-order valence-corrected chi connectivity index (χ2v) is 9.44. The van der Waals surface area contributed by atoms with Crippen molar-refractivity contribution in [2.24, 2.45) is 0 Å². The van der Waals surface area contributed by atoms with Gasteiger partial charge in [0, 0.05) is 25.3 Å². The molecule has 1 aromatic heterocycles. The van der Waals surface area contributed by atoms with E-state index >= 15 is 0 Å². The summed E-state index contributed by atoms with van der Waals surface area (Å²) in [6.07, 6.45) is -1.37. The summed E-state index contributed by atoms with van der Waals surface area (Å²) in [6.45, 7) is 1.56. The molecular formula is C25H35F3N2O7. The van der Waals surface area contributed by atoms with Gasteiger partial charge in [0.2, 0.25) is 0 Å². The third kappa shape index (κ3) is 8.46. The fourth-order valence-electron chi connectivity index (χ4n) is 4.70. The minimum Gasteiger partial charge on any atom is -0.503 e. The van der Waals surface area contributed by atoms with Crippen molar-refractivity contribution in [2.45, 2.75) is 101 Å². The van der Waals surface area contributed by atoms with E-state index in [1.165, 1.54) is 19.4 Å². The molecular weight excluding hydrogens is 497 g/mol. The second-order valence-electron chi connectivity index (χ2n) is 9.44. The molecule has 9 nitrogen and oxygen atoms in total. The SMILES string of the molecule is COc1ccnc(C(=O)N[C@H]2CCC[C@H](OCCCC(F)(F)F)[C@@H](OC3CCCC3)[C@H](C)OC2=O)c1O. The van der Waals surface area contributed by atoms with Gasteiger partial charge in [0.1, 0.15) is 18.2 Å². The Kier molecular flexibility index (Phi) is 10.4. The quantitative estimate of drug-likeness (QED) is 0.361. The Morgan fingerprint density at radius 3 is 2.62 bits per heavy atom. The molecule has 0 bridgehead atoms. The molecule has 2 N–H and O–H groups in total. The Hall–Kier alpha value is -2.60. The van der Waals surface area contributed by atoms with Crippen LogP contribution in [0.5, 0.6) is 11.5 Å². The first-order valence-electron chi connectivity index (χ1n) is 12.7. The van der Waals surface area contributed by atoms with E-state index in [1.54, 1.807) is 6.92 Å². The third-order valence-corrected chi connectivity index (χ3v) is 6.61. The predicted octanol–water partition coefficient (Wildman–Crippen LogP) is 4.07. The summed E-state index contributed by atoms with van der Waals surface area (Å²) in [5, 5.41) is 12.8. The largest absolute Gasteiger partial charge is 0.503 e. The lowest BCUT2D eigenvalue weighted by molar-refractivity contribution is -0.177. The summed E-state index contributed by atoms with van der Waals surface area (Å²) in [4.78, 5) is 29.7. The molecule has 0 radical (unpaired) electrons. The Morgan fingerprint density at radius 2 is 1.95 bits per heavy atom. The van der Waals surface area contributed by atoms with Crippen LogP contribution in [0.2, 0.25) is 0 Å². The highest BCUT2D eigenvalue weighted by Crippen LogP contribution is 2.30. The van der Waals surface area contributed by atoms with Crippen LogP contribution in [-0.4, -0.2) is 72.3 Å². The fourth-order valence-corrected chi connectivity index (χ4v) is 4.70. The summed E-state index contributed by atoms with van der Waals surface area (Å²) >= 11 is 0. The molecule has 2 aliphatic rings. The van der Waals surface area contributed by atoms with Crippen molar-refractivity contribution >= 4 is 11.9 Å². The van der Waals surface area contributed by atoms with Crippen LogP contribution in [0.3, 0.4) is 0 Å². The van der Waals surface area contributed by atoms with Crippen molar-refractivity contribution < 1.29 is 46.8 Å². The van der Waals surface area contributed by atoms with E-state index < -0.39 is 54.6 Å². The maximum absolute atomic E-state index is 13.0. The van der Waals surface area contributed by atoms with Gasteiger partial charge in [0.05, 0.1) is 19.3 Å². The summed E-state index contributed by atoms with van der Waals surface area (Å²) < 4.78 is 60.6. The number of alkyl halides is 3. The molecule has 1 aromatic rings. The monoisotopic (exact) mass is 532 g/mol. The molecule has 1 amide bonds. The normalized spacial score (nSPS) is 25.6. The first kappa shape index (κ1) is 29.0. The van der Waals surface area contributed by atoms with Gasteiger partial charge in [-0.1, -0.05) is 12.8 Å². The summed E-state index contributed by atoms with van der Waals surface area (Å²) in [5.41, 5.74) is -0.298. The first-order chi connectivity index (χ1) is 17.6. The standard InChI is InChI=1S/C25H35F3N2O7/c1-15-22(37-16-7-3-4-8-16)19(35-14-6-12-25(26,27)28)10-5-9-17(24(33)36-15)30-23(32)20-21(31)18(34-2)11-13-29-20/h11,13,15-17,19,22,31H,3-10,12,14H2,1-2H3,(H,30,32)/t15-,17-,19-,22-/m0/s1. The van der Waals surface area contributed by atoms with Crippen molar-refractivity contribution in [1.29, 1.82) is 0 Å². The van der Waals surface area contributed by atoms with Gasteiger partial charge in [-0.05, 0) is 45.4 Å². The van der Waals surface area contributed by atoms with E-state index in [4.69, 9.17) is 18.9 Å². The van der Waals surface area contributed by atoms with Crippen molar-refractivity contribution in [3.05, 3.63) is 18.0 Å². The molecule has 0 spiro atoms. The van der Waals surface area contributed by atoms with Gasteiger partial charge in [0.25, 0.3) is 5.91 Å². The lowest BCUT2D eigenvalue weighted by Crippen LogP contribution is -2.46. The van der Waals surface area contributed by atoms with E-state index in [2.05, 4.69) is 10.3 Å². The second kappa shape index (κ2) is 13.3. The number of aromatic hydroxyl groups is 1. The number of ether oxygens (including phenoxy) is 4. The topological polar surface area (TPSA) is 116 Å². The molecule has 2 fully saturated rings. The Bertz CT molecular complexity index is 909. The zero-order valence-corrected chi connectivity index (χ0v) is 21.1. The number of hydrogen-bond donors (Lipinski definition) is 2. The molecule has 12 heteroatoms. The average molecular weight is 533 g/mol. The lowest BCUT2D eigenvalue weighted by Gasteiger charge is -2.33. The van der Waals surface area contributed by atoms with Gasteiger partial charge >= 0.3 is 12.1 Å². The number of carbonyl (C=O) groups is 2. The molecule has 0 unspecified atom stereocenters. The number of esters is 1. The number of methoxy groups -OCH3 is 1. The van der Waals surface area contributed by atoms with E-state index in [-0.39, 0.29) is 37.0 Å². The highest BCUT2D eigenvalue weighted by molar-refractivity contribution is 5.97. The zero-order valence-electron chi connectivity index (χ0n) is 21.1. The van der Waals surface area contributed by atoms with Crippen LogP contribution in [0, 0.1) is 0 Å². The predicted molar refractivity (Wildman–Crippen MR) is 125 cm³/mol. The summed E-state index contributed by atoms with van der Waals surface area (Å²) in [7, 11) is 1.33. The number of nitrogens with zero attached hydrogens (tertiary/aromatic N) is 1. The number of amides is 1. The Balaban J connectivity index is 1.71. The van der Waals surface area contributed by atoms with Gasteiger partial charge in [-0.15, -0.1) is 0 Å². The minimum absolute atomic E-state index is 0.0363. The smallest absolute Gasteiger partial charge is 0.389 e.